The fourth-order valence-electron chi connectivity index (χ4n) is 3.04. The lowest BCUT2D eigenvalue weighted by Crippen LogP contribution is -2.17. The van der Waals surface area contributed by atoms with Crippen LogP contribution in [-0.4, -0.2) is 24.2 Å². The normalized spacial score (nSPS) is 15.9. The van der Waals surface area contributed by atoms with Crippen molar-refractivity contribution < 1.29 is 4.21 Å². The third kappa shape index (κ3) is 2.96. The van der Waals surface area contributed by atoms with Crippen LogP contribution < -0.4 is 5.56 Å². The maximum Gasteiger partial charge on any atom is 0.280 e. The van der Waals surface area contributed by atoms with Gasteiger partial charge in [0.1, 0.15) is 0 Å². The molecule has 1 aliphatic rings. The van der Waals surface area contributed by atoms with Gasteiger partial charge in [0, 0.05) is 17.1 Å². The molecular weight excluding hydrogens is 362 g/mol. The third-order valence-electron chi connectivity index (χ3n) is 4.67. The van der Waals surface area contributed by atoms with Crippen molar-refractivity contribution in [3.63, 3.8) is 0 Å². The summed E-state index contributed by atoms with van der Waals surface area (Å²) in [7, 11) is -2.81. The number of nitriles is 1. The summed E-state index contributed by atoms with van der Waals surface area (Å²) in [6, 6.07) is 12.1. The molecule has 8 heteroatoms. The van der Waals surface area contributed by atoms with E-state index in [1.807, 2.05) is 0 Å². The molecule has 0 unspecified atom stereocenters. The Morgan fingerprint density at radius 3 is 2.52 bits per heavy atom. The Hall–Kier alpha value is -3.18. The lowest BCUT2D eigenvalue weighted by molar-refractivity contribution is 0.673. The monoisotopic (exact) mass is 379 g/mol. The Kier molecular flexibility index (Phi) is 3.97. The van der Waals surface area contributed by atoms with Gasteiger partial charge >= 0.3 is 0 Å². The van der Waals surface area contributed by atoms with Crippen molar-refractivity contribution in [2.45, 2.75) is 29.9 Å². The van der Waals surface area contributed by atoms with Crippen LogP contribution in [-0.2, 0) is 9.73 Å². The molecule has 1 aliphatic carbocycles. The van der Waals surface area contributed by atoms with E-state index in [1.54, 1.807) is 43.3 Å². The van der Waals surface area contributed by atoms with Crippen molar-refractivity contribution in [1.82, 2.24) is 14.8 Å². The van der Waals surface area contributed by atoms with Crippen molar-refractivity contribution in [2.75, 3.05) is 0 Å². The molecule has 3 aromatic rings. The van der Waals surface area contributed by atoms with Crippen LogP contribution in [0, 0.1) is 23.0 Å². The molecule has 2 aromatic heterocycles. The van der Waals surface area contributed by atoms with Crippen LogP contribution in [0.4, 0.5) is 0 Å². The molecular formula is C19H17N5O2S. The van der Waals surface area contributed by atoms with E-state index in [-0.39, 0.29) is 10.8 Å². The van der Waals surface area contributed by atoms with E-state index < -0.39 is 9.73 Å². The number of nitrogens with zero attached hydrogens (tertiary/aromatic N) is 3. The van der Waals surface area contributed by atoms with E-state index in [2.05, 4.69) is 16.2 Å². The molecule has 27 heavy (non-hydrogen) atoms. The number of aromatic nitrogens is 3. The Morgan fingerprint density at radius 2 is 1.96 bits per heavy atom. The summed E-state index contributed by atoms with van der Waals surface area (Å²) in [4.78, 5) is 17.5. The lowest BCUT2D eigenvalue weighted by atomic mass is 10.1. The summed E-state index contributed by atoms with van der Waals surface area (Å²) in [5, 5.41) is 11.8. The smallest absolute Gasteiger partial charge is 0.280 e. The highest BCUT2D eigenvalue weighted by Gasteiger charge is 2.34. The zero-order chi connectivity index (χ0) is 19.2. The van der Waals surface area contributed by atoms with Gasteiger partial charge in [-0.1, -0.05) is 12.1 Å². The maximum atomic E-state index is 12.9. The van der Waals surface area contributed by atoms with Crippen LogP contribution >= 0.6 is 0 Å². The number of aromatic amines is 1. The number of hydrogen-bond donors (Lipinski definition) is 2. The second kappa shape index (κ2) is 6.21. The average Bonchev–Trinajstić information content (AvgIpc) is 3.49. The fourth-order valence-corrected chi connectivity index (χ4v) is 4.70. The zero-order valence-corrected chi connectivity index (χ0v) is 15.4. The minimum Gasteiger partial charge on any atom is -0.293 e. The molecule has 0 radical (unpaired) electrons. The summed E-state index contributed by atoms with van der Waals surface area (Å²) in [6.07, 6.45) is 3.05. The number of rotatable bonds is 4. The lowest BCUT2D eigenvalue weighted by Gasteiger charge is -2.06. The number of pyridine rings is 1. The molecule has 0 spiro atoms. The SMILES string of the molecule is Cc1[nH]n(-c2ccc([S@](=N)(=O)C3CC3)cn2)c(=O)c1-c1ccc(C#N)cc1. The summed E-state index contributed by atoms with van der Waals surface area (Å²) in [6.45, 7) is 1.80. The van der Waals surface area contributed by atoms with Gasteiger partial charge < -0.3 is 0 Å². The highest BCUT2D eigenvalue weighted by molar-refractivity contribution is 7.93. The van der Waals surface area contributed by atoms with Gasteiger partial charge in [-0.25, -0.2) is 18.7 Å². The van der Waals surface area contributed by atoms with Gasteiger partial charge in [0.2, 0.25) is 0 Å². The van der Waals surface area contributed by atoms with Gasteiger partial charge in [0.25, 0.3) is 5.56 Å². The molecule has 1 aromatic carbocycles. The summed E-state index contributed by atoms with van der Waals surface area (Å²) in [5.41, 5.74) is 2.17. The van der Waals surface area contributed by atoms with E-state index in [9.17, 15) is 9.00 Å². The van der Waals surface area contributed by atoms with E-state index >= 15 is 0 Å². The number of nitrogens with one attached hydrogen (secondary N) is 2. The van der Waals surface area contributed by atoms with E-state index in [1.165, 1.54) is 10.9 Å². The van der Waals surface area contributed by atoms with Crippen molar-refractivity contribution in [3.8, 4) is 23.0 Å². The second-order valence-corrected chi connectivity index (χ2v) is 8.93. The minimum absolute atomic E-state index is 0.0800. The molecule has 2 N–H and O–H groups in total. The van der Waals surface area contributed by atoms with Crippen LogP contribution in [0.15, 0.2) is 52.3 Å². The molecule has 0 bridgehead atoms. The Morgan fingerprint density at radius 1 is 1.26 bits per heavy atom. The average molecular weight is 379 g/mol. The molecule has 0 aliphatic heterocycles. The molecule has 1 fully saturated rings. The first-order valence-corrected chi connectivity index (χ1v) is 10.1. The Bertz CT molecular complexity index is 1210. The molecule has 1 saturated carbocycles. The molecule has 1 atom stereocenters. The van der Waals surface area contributed by atoms with E-state index in [0.717, 1.165) is 12.8 Å². The minimum atomic E-state index is -2.81. The van der Waals surface area contributed by atoms with Crippen LogP contribution in [0.2, 0.25) is 0 Å². The van der Waals surface area contributed by atoms with Gasteiger partial charge in [-0.3, -0.25) is 9.89 Å². The molecule has 0 saturated heterocycles. The van der Waals surface area contributed by atoms with Gasteiger partial charge in [-0.2, -0.15) is 5.26 Å². The number of H-pyrrole nitrogens is 1. The fraction of sp³-hybridized carbons (Fsp3) is 0.211. The topological polar surface area (TPSA) is 115 Å². The predicted octanol–water partition coefficient (Wildman–Crippen LogP) is 2.98. The van der Waals surface area contributed by atoms with Crippen LogP contribution in [0.3, 0.4) is 0 Å². The maximum absolute atomic E-state index is 12.9. The Labute approximate surface area is 156 Å². The summed E-state index contributed by atoms with van der Waals surface area (Å²) in [5.74, 6) is 0.373. The Balaban J connectivity index is 1.73. The standard InChI is InChI=1S/C19H17N5O2S/c1-12-18(14-4-2-13(10-20)3-5-14)19(25)24(23-12)17-9-8-16(11-22-17)27(21,26)15-6-7-15/h2-5,8-9,11,15,21,23H,6-7H2,1H3/t27-/m1/s1. The molecule has 7 nitrogen and oxygen atoms in total. The highest BCUT2D eigenvalue weighted by atomic mass is 32.2. The number of hydrogen-bond acceptors (Lipinski definition) is 5. The first kappa shape index (κ1) is 17.2. The first-order chi connectivity index (χ1) is 12.9. The third-order valence-corrected chi connectivity index (χ3v) is 7.02. The van der Waals surface area contributed by atoms with Gasteiger partial charge in [0.15, 0.2) is 5.82 Å². The predicted molar refractivity (Wildman–Crippen MR) is 101 cm³/mol. The van der Waals surface area contributed by atoms with Gasteiger partial charge in [0.05, 0.1) is 31.8 Å². The summed E-state index contributed by atoms with van der Waals surface area (Å²) < 4.78 is 21.9. The molecule has 0 amide bonds. The molecule has 2 heterocycles. The van der Waals surface area contributed by atoms with Crippen molar-refractivity contribution in [1.29, 1.82) is 10.0 Å². The van der Waals surface area contributed by atoms with Crippen molar-refractivity contribution >= 4 is 9.73 Å². The zero-order valence-electron chi connectivity index (χ0n) is 14.6. The van der Waals surface area contributed by atoms with Gasteiger partial charge in [-0.15, -0.1) is 0 Å². The first-order valence-electron chi connectivity index (χ1n) is 8.48. The number of aryl methyl sites for hydroxylation is 1. The highest BCUT2D eigenvalue weighted by Crippen LogP contribution is 2.33. The van der Waals surface area contributed by atoms with E-state index in [0.29, 0.717) is 33.1 Å². The van der Waals surface area contributed by atoms with Crippen LogP contribution in [0.1, 0.15) is 24.1 Å². The van der Waals surface area contributed by atoms with Crippen molar-refractivity contribution in [3.05, 3.63) is 64.2 Å². The number of benzene rings is 1. The van der Waals surface area contributed by atoms with Crippen molar-refractivity contribution in [2.24, 2.45) is 0 Å². The second-order valence-electron chi connectivity index (χ2n) is 6.59. The van der Waals surface area contributed by atoms with Gasteiger partial charge in [-0.05, 0) is 49.6 Å². The summed E-state index contributed by atoms with van der Waals surface area (Å²) >= 11 is 0. The van der Waals surface area contributed by atoms with Crippen LogP contribution in [0.5, 0.6) is 0 Å². The molecule has 136 valence electrons. The molecule has 4 rings (SSSR count). The van der Waals surface area contributed by atoms with Crippen LogP contribution in [0.25, 0.3) is 16.9 Å². The quantitative estimate of drug-likeness (QED) is 0.725. The largest absolute Gasteiger partial charge is 0.293 e. The van der Waals surface area contributed by atoms with E-state index in [4.69, 9.17) is 10.0 Å².